The summed E-state index contributed by atoms with van der Waals surface area (Å²) < 4.78 is 22.0. The highest BCUT2D eigenvalue weighted by Gasteiger charge is 2.25. The largest absolute Gasteiger partial charge is 0.477 e. The van der Waals surface area contributed by atoms with Crippen LogP contribution in [0.2, 0.25) is 5.02 Å². The molecule has 12 heteroatoms. The Hall–Kier alpha value is -4.22. The first-order valence-electron chi connectivity index (χ1n) is 11.9. The Bertz CT molecular complexity index is 1840. The van der Waals surface area contributed by atoms with Crippen LogP contribution in [-0.2, 0) is 11.8 Å². The summed E-state index contributed by atoms with van der Waals surface area (Å²) in [6.45, 7) is 2.18. The predicted octanol–water partition coefficient (Wildman–Crippen LogP) is 4.00. The van der Waals surface area contributed by atoms with Crippen LogP contribution < -0.4 is 15.6 Å². The van der Waals surface area contributed by atoms with E-state index in [0.29, 0.717) is 70.7 Å². The van der Waals surface area contributed by atoms with Gasteiger partial charge in [0.15, 0.2) is 0 Å². The second kappa shape index (κ2) is 8.96. The maximum absolute atomic E-state index is 14.9. The lowest BCUT2D eigenvalue weighted by Gasteiger charge is -2.31. The number of aromatic carboxylic acids is 1. The van der Waals surface area contributed by atoms with E-state index in [0.717, 1.165) is 5.69 Å². The number of H-pyrrole nitrogens is 1. The highest BCUT2D eigenvalue weighted by atomic mass is 35.5. The number of morpholine rings is 1. The van der Waals surface area contributed by atoms with Crippen LogP contribution in [0.3, 0.4) is 0 Å². The van der Waals surface area contributed by atoms with Gasteiger partial charge in [-0.25, -0.2) is 19.2 Å². The molecule has 1 saturated heterocycles. The van der Waals surface area contributed by atoms with Crippen molar-refractivity contribution in [3.05, 3.63) is 57.3 Å². The van der Waals surface area contributed by atoms with Crippen molar-refractivity contribution in [1.29, 1.82) is 0 Å². The first-order valence-corrected chi connectivity index (χ1v) is 12.2. The number of benzene rings is 1. The zero-order valence-corrected chi connectivity index (χ0v) is 21.2. The maximum Gasteiger partial charge on any atom is 0.341 e. The Labute approximate surface area is 219 Å². The van der Waals surface area contributed by atoms with E-state index in [1.54, 1.807) is 32.6 Å². The summed E-state index contributed by atoms with van der Waals surface area (Å²) >= 11 is 6.25. The van der Waals surface area contributed by atoms with Gasteiger partial charge in [0.1, 0.15) is 27.7 Å². The number of anilines is 2. The Kier molecular flexibility index (Phi) is 5.69. The minimum Gasteiger partial charge on any atom is -0.477 e. The molecule has 0 atom stereocenters. The molecule has 0 bridgehead atoms. The van der Waals surface area contributed by atoms with Gasteiger partial charge < -0.3 is 29.6 Å². The van der Waals surface area contributed by atoms with E-state index in [1.807, 2.05) is 0 Å². The van der Waals surface area contributed by atoms with Crippen LogP contribution in [0.15, 0.2) is 35.5 Å². The number of carboxylic acids is 1. The zero-order valence-electron chi connectivity index (χ0n) is 20.4. The van der Waals surface area contributed by atoms with E-state index in [2.05, 4.69) is 25.2 Å². The molecule has 1 aromatic carbocycles. The number of aryl methyl sites for hydroxylation is 1. The number of carboxylic acid groups (broad SMARTS) is 1. The van der Waals surface area contributed by atoms with Crippen LogP contribution in [0.4, 0.5) is 15.8 Å². The fourth-order valence-electron chi connectivity index (χ4n) is 5.15. The topological polar surface area (TPSA) is 125 Å². The number of ether oxygens (including phenoxy) is 1. The number of rotatable bonds is 4. The molecule has 0 amide bonds. The van der Waals surface area contributed by atoms with Crippen LogP contribution in [0.25, 0.3) is 44.1 Å². The van der Waals surface area contributed by atoms with Crippen LogP contribution in [-0.4, -0.2) is 63.9 Å². The SMILES string of the molecule is CNc1c(Cl)c(F)cc2c1[nH]c1ncc(-c3cnc4c(c3)c(=O)c(C(=O)O)cn4C)c(N3CCOCC3)c12. The van der Waals surface area contributed by atoms with E-state index >= 15 is 0 Å². The zero-order chi connectivity index (χ0) is 26.7. The Morgan fingerprint density at radius 2 is 1.97 bits per heavy atom. The molecule has 38 heavy (non-hydrogen) atoms. The molecule has 1 aliphatic heterocycles. The molecule has 194 valence electrons. The number of halogens is 2. The summed E-state index contributed by atoms with van der Waals surface area (Å²) in [5, 5.41) is 13.9. The molecular formula is C26H22ClFN6O4. The molecule has 6 rings (SSSR count). The second-order valence-electron chi connectivity index (χ2n) is 9.07. The molecule has 0 saturated carbocycles. The summed E-state index contributed by atoms with van der Waals surface area (Å²) in [7, 11) is 3.30. The van der Waals surface area contributed by atoms with Gasteiger partial charge in [-0.15, -0.1) is 0 Å². The number of aromatic amines is 1. The number of hydrogen-bond donors (Lipinski definition) is 3. The number of pyridine rings is 3. The molecule has 1 fully saturated rings. The molecule has 1 aliphatic rings. The third kappa shape index (κ3) is 3.57. The fraction of sp³-hybridized carbons (Fsp3) is 0.231. The van der Waals surface area contributed by atoms with Gasteiger partial charge in [-0.2, -0.15) is 0 Å². The molecule has 0 spiro atoms. The maximum atomic E-state index is 14.9. The minimum atomic E-state index is -1.31. The van der Waals surface area contributed by atoms with Crippen molar-refractivity contribution in [2.75, 3.05) is 43.6 Å². The van der Waals surface area contributed by atoms with Crippen LogP contribution >= 0.6 is 11.6 Å². The number of nitrogens with one attached hydrogen (secondary N) is 2. The van der Waals surface area contributed by atoms with E-state index in [9.17, 15) is 19.1 Å². The van der Waals surface area contributed by atoms with Crippen molar-refractivity contribution in [3.8, 4) is 11.1 Å². The smallest absolute Gasteiger partial charge is 0.341 e. The van der Waals surface area contributed by atoms with E-state index in [-0.39, 0.29) is 16.0 Å². The molecule has 3 N–H and O–H groups in total. The quantitative estimate of drug-likeness (QED) is 0.315. The molecule has 0 aliphatic carbocycles. The number of nitrogens with zero attached hydrogens (tertiary/aromatic N) is 4. The molecular weight excluding hydrogens is 515 g/mol. The summed E-state index contributed by atoms with van der Waals surface area (Å²) in [6, 6.07) is 3.02. The first kappa shape index (κ1) is 24.1. The monoisotopic (exact) mass is 536 g/mol. The first-order chi connectivity index (χ1) is 18.3. The van der Waals surface area contributed by atoms with Crippen molar-refractivity contribution in [3.63, 3.8) is 0 Å². The van der Waals surface area contributed by atoms with Gasteiger partial charge in [0.25, 0.3) is 0 Å². The predicted molar refractivity (Wildman–Crippen MR) is 144 cm³/mol. The number of hydrogen-bond acceptors (Lipinski definition) is 7. The van der Waals surface area contributed by atoms with Gasteiger partial charge in [-0.1, -0.05) is 11.6 Å². The van der Waals surface area contributed by atoms with Gasteiger partial charge in [0.05, 0.1) is 40.9 Å². The molecule has 5 heterocycles. The second-order valence-corrected chi connectivity index (χ2v) is 9.45. The van der Waals surface area contributed by atoms with E-state index < -0.39 is 17.2 Å². The van der Waals surface area contributed by atoms with Gasteiger partial charge in [0.2, 0.25) is 5.43 Å². The summed E-state index contributed by atoms with van der Waals surface area (Å²) in [4.78, 5) is 39.2. The lowest BCUT2D eigenvalue weighted by molar-refractivity contribution is 0.0695. The third-order valence-electron chi connectivity index (χ3n) is 6.92. The van der Waals surface area contributed by atoms with Crippen molar-refractivity contribution >= 4 is 61.9 Å². The van der Waals surface area contributed by atoms with Crippen molar-refractivity contribution in [2.24, 2.45) is 7.05 Å². The highest BCUT2D eigenvalue weighted by molar-refractivity contribution is 6.35. The minimum absolute atomic E-state index is 0.0245. The molecule has 0 unspecified atom stereocenters. The average molecular weight is 537 g/mol. The van der Waals surface area contributed by atoms with Crippen molar-refractivity contribution in [1.82, 2.24) is 19.5 Å². The van der Waals surface area contributed by atoms with Crippen molar-refractivity contribution in [2.45, 2.75) is 0 Å². The summed E-state index contributed by atoms with van der Waals surface area (Å²) in [5.74, 6) is -1.88. The van der Waals surface area contributed by atoms with Gasteiger partial charge in [-0.3, -0.25) is 4.79 Å². The number of carbonyl (C=O) groups is 1. The van der Waals surface area contributed by atoms with Crippen LogP contribution in [0.1, 0.15) is 10.4 Å². The Morgan fingerprint density at radius 1 is 1.21 bits per heavy atom. The van der Waals surface area contributed by atoms with Crippen molar-refractivity contribution < 1.29 is 19.0 Å². The van der Waals surface area contributed by atoms with E-state index in [4.69, 9.17) is 16.3 Å². The lowest BCUT2D eigenvalue weighted by Crippen LogP contribution is -2.36. The van der Waals surface area contributed by atoms with Gasteiger partial charge in [-0.05, 0) is 12.1 Å². The fourth-order valence-corrected chi connectivity index (χ4v) is 5.39. The number of fused-ring (bicyclic) bond motifs is 4. The highest BCUT2D eigenvalue weighted by Crippen LogP contribution is 2.44. The molecule has 5 aromatic rings. The molecule has 4 aromatic heterocycles. The number of aromatic nitrogens is 4. The summed E-state index contributed by atoms with van der Waals surface area (Å²) in [6.07, 6.45) is 4.56. The standard InChI is InChI=1S/C26H22ClFN6O4/c1-29-21-19(27)17(28)8-13-18-22(34-3-5-38-6-4-34)15(10-30-24(18)32-20(13)21)12-7-14-23(35)16(26(36)37)11-33(2)25(14)31-9-12/h7-11,29H,3-6H2,1-2H3,(H,30,32)(H,36,37). The average Bonchev–Trinajstić information content (AvgIpc) is 3.28. The summed E-state index contributed by atoms with van der Waals surface area (Å²) in [5.41, 5.74) is 2.99. The van der Waals surface area contributed by atoms with Gasteiger partial charge in [0, 0.05) is 62.3 Å². The lowest BCUT2D eigenvalue weighted by atomic mass is 10.0. The van der Waals surface area contributed by atoms with Gasteiger partial charge >= 0.3 is 5.97 Å². The Balaban J connectivity index is 1.70. The Morgan fingerprint density at radius 3 is 2.68 bits per heavy atom. The van der Waals surface area contributed by atoms with E-state index in [1.165, 1.54) is 16.8 Å². The molecule has 10 nitrogen and oxygen atoms in total. The van der Waals surface area contributed by atoms with Crippen LogP contribution in [0, 0.1) is 5.82 Å². The third-order valence-corrected chi connectivity index (χ3v) is 7.28. The normalized spacial score (nSPS) is 14.1. The molecule has 0 radical (unpaired) electrons. The van der Waals surface area contributed by atoms with Crippen LogP contribution in [0.5, 0.6) is 0 Å².